The first-order chi connectivity index (χ1) is 15.6. The van der Waals surface area contributed by atoms with Crippen LogP contribution in [0.4, 0.5) is 70.2 Å². The van der Waals surface area contributed by atoms with Gasteiger partial charge in [0.2, 0.25) is 0 Å². The summed E-state index contributed by atoms with van der Waals surface area (Å²) in [5.41, 5.74) is -7.27. The van der Waals surface area contributed by atoms with E-state index in [4.69, 9.17) is 0 Å². The lowest BCUT2D eigenvalue weighted by atomic mass is 9.82. The van der Waals surface area contributed by atoms with Crippen LogP contribution in [-0.4, -0.2) is 53.0 Å². The van der Waals surface area contributed by atoms with Gasteiger partial charge < -0.3 is 9.84 Å². The molecule has 1 N–H and O–H groups in total. The number of alkyl halides is 16. The van der Waals surface area contributed by atoms with Crippen molar-refractivity contribution in [1.82, 2.24) is 0 Å². The molecular formula is C17H10F16O3. The second-order valence-electron chi connectivity index (χ2n) is 7.16. The van der Waals surface area contributed by atoms with Gasteiger partial charge in [0.25, 0.3) is 0 Å². The highest BCUT2D eigenvalue weighted by Gasteiger charge is 2.91. The van der Waals surface area contributed by atoms with Crippen LogP contribution in [0.1, 0.15) is 18.9 Å². The number of carbonyl (C=O) groups excluding carboxylic acids is 1. The fourth-order valence-electron chi connectivity index (χ4n) is 2.58. The lowest BCUT2D eigenvalue weighted by molar-refractivity contribution is -0.443. The van der Waals surface area contributed by atoms with Crippen LogP contribution >= 0.6 is 0 Å². The van der Waals surface area contributed by atoms with Gasteiger partial charge in [0, 0.05) is 6.92 Å². The SMILES string of the molecule is CC(=O)Oc1cccc(C(O)(CC(F)(F)C(F)(F)C(F)(F)C(F)(F)C(F)(F)C(F)(F)F)C(F)(F)F)c1. The molecule has 36 heavy (non-hydrogen) atoms. The number of rotatable bonds is 8. The predicted molar refractivity (Wildman–Crippen MR) is 83.1 cm³/mol. The Hall–Kier alpha value is -2.47. The van der Waals surface area contributed by atoms with Gasteiger partial charge >= 0.3 is 47.9 Å². The zero-order chi connectivity index (χ0) is 29.0. The van der Waals surface area contributed by atoms with Gasteiger partial charge in [-0.05, 0) is 17.7 Å². The third kappa shape index (κ3) is 4.89. The van der Waals surface area contributed by atoms with Crippen molar-refractivity contribution in [2.45, 2.75) is 60.9 Å². The fourth-order valence-corrected chi connectivity index (χ4v) is 2.58. The molecule has 0 radical (unpaired) electrons. The van der Waals surface area contributed by atoms with Crippen molar-refractivity contribution in [2.24, 2.45) is 0 Å². The summed E-state index contributed by atoms with van der Waals surface area (Å²) in [7, 11) is 0. The Morgan fingerprint density at radius 2 is 1.17 bits per heavy atom. The Balaban J connectivity index is 3.70. The molecule has 1 rings (SSSR count). The van der Waals surface area contributed by atoms with Gasteiger partial charge in [0.05, 0.1) is 6.42 Å². The largest absolute Gasteiger partial charge is 0.460 e. The van der Waals surface area contributed by atoms with Gasteiger partial charge in [0.15, 0.2) is 5.60 Å². The van der Waals surface area contributed by atoms with Crippen LogP contribution in [0.2, 0.25) is 0 Å². The molecule has 0 saturated heterocycles. The molecule has 3 nitrogen and oxygen atoms in total. The van der Waals surface area contributed by atoms with E-state index in [1.165, 1.54) is 0 Å². The first-order valence-corrected chi connectivity index (χ1v) is 8.64. The third-order valence-electron chi connectivity index (χ3n) is 4.52. The quantitative estimate of drug-likeness (QED) is 0.223. The van der Waals surface area contributed by atoms with Gasteiger partial charge in [-0.3, -0.25) is 4.79 Å². The minimum absolute atomic E-state index is 0.0548. The molecule has 1 unspecified atom stereocenters. The topological polar surface area (TPSA) is 46.5 Å². The van der Waals surface area contributed by atoms with Crippen molar-refractivity contribution in [2.75, 3.05) is 0 Å². The van der Waals surface area contributed by atoms with Crippen LogP contribution < -0.4 is 4.74 Å². The van der Waals surface area contributed by atoms with E-state index < -0.39 is 71.3 Å². The van der Waals surface area contributed by atoms with Gasteiger partial charge in [0.1, 0.15) is 5.75 Å². The number of esters is 1. The molecule has 19 heteroatoms. The van der Waals surface area contributed by atoms with E-state index in [2.05, 4.69) is 4.74 Å². The second kappa shape index (κ2) is 8.83. The van der Waals surface area contributed by atoms with Crippen molar-refractivity contribution in [1.29, 1.82) is 0 Å². The molecule has 0 bridgehead atoms. The highest BCUT2D eigenvalue weighted by molar-refractivity contribution is 5.69. The Morgan fingerprint density at radius 3 is 1.56 bits per heavy atom. The molecule has 0 heterocycles. The van der Waals surface area contributed by atoms with E-state index >= 15 is 0 Å². The number of hydrogen-bond acceptors (Lipinski definition) is 3. The lowest BCUT2D eigenvalue weighted by Gasteiger charge is -2.42. The molecule has 0 amide bonds. The summed E-state index contributed by atoms with van der Waals surface area (Å²) < 4.78 is 216. The predicted octanol–water partition coefficient (Wildman–Crippen LogP) is 6.49. The van der Waals surface area contributed by atoms with E-state index in [1.54, 1.807) is 0 Å². The Morgan fingerprint density at radius 1 is 0.722 bits per heavy atom. The monoisotopic (exact) mass is 566 g/mol. The van der Waals surface area contributed by atoms with Crippen LogP contribution in [0.15, 0.2) is 24.3 Å². The first kappa shape index (κ1) is 31.6. The highest BCUT2D eigenvalue weighted by Crippen LogP contribution is 2.62. The number of carbonyl (C=O) groups is 1. The zero-order valence-corrected chi connectivity index (χ0v) is 16.8. The van der Waals surface area contributed by atoms with Crippen molar-refractivity contribution in [3.63, 3.8) is 0 Å². The lowest BCUT2D eigenvalue weighted by Crippen LogP contribution is -2.70. The second-order valence-corrected chi connectivity index (χ2v) is 7.16. The van der Waals surface area contributed by atoms with Gasteiger partial charge in [-0.2, -0.15) is 70.2 Å². The molecule has 0 spiro atoms. The van der Waals surface area contributed by atoms with Crippen molar-refractivity contribution in [3.05, 3.63) is 29.8 Å². The standard InChI is InChI=1S/C17H10F16O3/c1-7(34)36-9-4-2-3-8(5-9)10(35,16(28,29)30)6-11(18,19)12(20,21)13(22,23)14(24,25)15(26,27)17(31,32)33/h2-5,35H,6H2,1H3. The average molecular weight is 566 g/mol. The molecule has 1 atom stereocenters. The molecular weight excluding hydrogens is 556 g/mol. The Kier molecular flexibility index (Phi) is 7.74. The van der Waals surface area contributed by atoms with E-state index in [0.29, 0.717) is 19.1 Å². The Bertz CT molecular complexity index is 965. The molecule has 0 saturated carbocycles. The molecule has 1 aromatic rings. The summed E-state index contributed by atoms with van der Waals surface area (Å²) >= 11 is 0. The molecule has 0 aliphatic carbocycles. The number of hydrogen-bond donors (Lipinski definition) is 1. The van der Waals surface area contributed by atoms with Gasteiger partial charge in [-0.15, -0.1) is 0 Å². The molecule has 208 valence electrons. The van der Waals surface area contributed by atoms with Crippen molar-refractivity contribution < 1.29 is 84.9 Å². The highest BCUT2D eigenvalue weighted by atomic mass is 19.4. The normalized spacial score (nSPS) is 16.5. The van der Waals surface area contributed by atoms with E-state index in [1.807, 2.05) is 0 Å². The summed E-state index contributed by atoms with van der Waals surface area (Å²) in [6.45, 7) is 0.663. The molecule has 0 aromatic heterocycles. The van der Waals surface area contributed by atoms with Crippen LogP contribution in [-0.2, 0) is 10.4 Å². The number of aliphatic hydroxyl groups is 1. The molecule has 0 fully saturated rings. The average Bonchev–Trinajstić information content (AvgIpc) is 2.64. The van der Waals surface area contributed by atoms with Crippen molar-refractivity contribution >= 4 is 5.97 Å². The smallest absolute Gasteiger partial charge is 0.427 e. The number of halogens is 16. The van der Waals surface area contributed by atoms with E-state index in [0.717, 1.165) is 0 Å². The molecule has 1 aromatic carbocycles. The van der Waals surface area contributed by atoms with Crippen LogP contribution in [0, 0.1) is 0 Å². The maximum absolute atomic E-state index is 14.1. The number of ether oxygens (including phenoxy) is 1. The van der Waals surface area contributed by atoms with Gasteiger partial charge in [-0.25, -0.2) is 0 Å². The third-order valence-corrected chi connectivity index (χ3v) is 4.52. The minimum atomic E-state index is -8.34. The van der Waals surface area contributed by atoms with Crippen molar-refractivity contribution in [3.8, 4) is 5.75 Å². The maximum atomic E-state index is 14.1. The minimum Gasteiger partial charge on any atom is -0.427 e. The fraction of sp³-hybridized carbons (Fsp3) is 0.588. The summed E-state index contributed by atoms with van der Waals surface area (Å²) in [5.74, 6) is -42.2. The maximum Gasteiger partial charge on any atom is 0.460 e. The van der Waals surface area contributed by atoms with E-state index in [9.17, 15) is 80.1 Å². The first-order valence-electron chi connectivity index (χ1n) is 8.64. The van der Waals surface area contributed by atoms with Crippen LogP contribution in [0.3, 0.4) is 0 Å². The number of benzene rings is 1. The summed E-state index contributed by atoms with van der Waals surface area (Å²) in [4.78, 5) is 10.9. The van der Waals surface area contributed by atoms with Crippen LogP contribution in [0.25, 0.3) is 0 Å². The molecule has 0 aliphatic rings. The van der Waals surface area contributed by atoms with Gasteiger partial charge in [-0.1, -0.05) is 12.1 Å². The Labute approximate surface area is 188 Å². The van der Waals surface area contributed by atoms with Crippen LogP contribution in [0.5, 0.6) is 5.75 Å². The summed E-state index contributed by atoms with van der Waals surface area (Å²) in [6.07, 6.45) is -18.2. The summed E-state index contributed by atoms with van der Waals surface area (Å²) in [6, 6.07) is 1.07. The zero-order valence-electron chi connectivity index (χ0n) is 16.8. The molecule has 0 aliphatic heterocycles. The summed E-state index contributed by atoms with van der Waals surface area (Å²) in [5, 5.41) is 9.79. The van der Waals surface area contributed by atoms with E-state index in [-0.39, 0.29) is 12.1 Å².